The summed E-state index contributed by atoms with van der Waals surface area (Å²) in [6.45, 7) is 7.07. The van der Waals surface area contributed by atoms with Crippen molar-refractivity contribution >= 4 is 17.9 Å². The number of hydrogen-bond donors (Lipinski definition) is 4. The van der Waals surface area contributed by atoms with Gasteiger partial charge in [0.2, 0.25) is 0 Å². The molecule has 21 heavy (non-hydrogen) atoms. The molecule has 1 aromatic carbocycles. The third-order valence-electron chi connectivity index (χ3n) is 3.38. The normalized spacial score (nSPS) is 13.1. The monoisotopic (exact) mass is 305 g/mol. The maximum atomic E-state index is 10.1. The van der Waals surface area contributed by atoms with Gasteiger partial charge in [-0.2, -0.15) is 0 Å². The average molecular weight is 305 g/mol. The number of anilines is 1. The van der Waals surface area contributed by atoms with Crippen LogP contribution < -0.4 is 5.32 Å². The fourth-order valence-electron chi connectivity index (χ4n) is 2.14. The van der Waals surface area contributed by atoms with Crippen LogP contribution >= 0.6 is 12.2 Å². The Balaban J connectivity index is 1.92. The molecule has 1 heterocycles. The zero-order chi connectivity index (χ0) is 15.5. The summed E-state index contributed by atoms with van der Waals surface area (Å²) in [6, 6.07) is 8.32. The van der Waals surface area contributed by atoms with Crippen molar-refractivity contribution in [2.45, 2.75) is 38.7 Å². The fourth-order valence-corrected chi connectivity index (χ4v) is 2.33. The molecular formula is C16H23N3OS. The lowest BCUT2D eigenvalue weighted by Crippen LogP contribution is -2.22. The number of aromatic nitrogens is 2. The van der Waals surface area contributed by atoms with Crippen molar-refractivity contribution < 1.29 is 5.11 Å². The SMILES string of the molecule is CC(C)(C)c1cccc(NCC(O)Cc2c[nH]c(=S)[nH]2)c1. The van der Waals surface area contributed by atoms with Gasteiger partial charge in [-0.25, -0.2) is 0 Å². The van der Waals surface area contributed by atoms with Crippen LogP contribution in [0.4, 0.5) is 5.69 Å². The Morgan fingerprint density at radius 3 is 2.71 bits per heavy atom. The zero-order valence-electron chi connectivity index (χ0n) is 12.7. The highest BCUT2D eigenvalue weighted by molar-refractivity contribution is 7.71. The number of aliphatic hydroxyl groups is 1. The molecular weight excluding hydrogens is 282 g/mol. The van der Waals surface area contributed by atoms with E-state index in [-0.39, 0.29) is 5.41 Å². The molecule has 1 unspecified atom stereocenters. The first-order valence-corrected chi connectivity index (χ1v) is 7.54. The number of rotatable bonds is 5. The Labute approximate surface area is 130 Å². The summed E-state index contributed by atoms with van der Waals surface area (Å²) in [4.78, 5) is 5.91. The number of imidazole rings is 1. The second-order valence-corrected chi connectivity index (χ2v) is 6.75. The minimum Gasteiger partial charge on any atom is -0.391 e. The summed E-state index contributed by atoms with van der Waals surface area (Å²) >= 11 is 4.97. The second-order valence-electron chi connectivity index (χ2n) is 6.34. The molecule has 114 valence electrons. The Hall–Kier alpha value is -1.59. The van der Waals surface area contributed by atoms with E-state index in [0.717, 1.165) is 11.4 Å². The number of hydrogen-bond acceptors (Lipinski definition) is 3. The van der Waals surface area contributed by atoms with Gasteiger partial charge in [0.05, 0.1) is 6.10 Å². The molecule has 4 N–H and O–H groups in total. The molecule has 2 rings (SSSR count). The van der Waals surface area contributed by atoms with E-state index in [1.165, 1.54) is 5.56 Å². The Morgan fingerprint density at radius 2 is 2.10 bits per heavy atom. The number of aliphatic hydroxyl groups excluding tert-OH is 1. The van der Waals surface area contributed by atoms with Crippen molar-refractivity contribution in [2.75, 3.05) is 11.9 Å². The number of H-pyrrole nitrogens is 2. The molecule has 0 aliphatic carbocycles. The number of aromatic amines is 2. The van der Waals surface area contributed by atoms with Gasteiger partial charge >= 0.3 is 0 Å². The predicted octanol–water partition coefficient (Wildman–Crippen LogP) is 3.39. The van der Waals surface area contributed by atoms with Gasteiger partial charge in [-0.1, -0.05) is 32.9 Å². The van der Waals surface area contributed by atoms with Gasteiger partial charge in [0.15, 0.2) is 4.77 Å². The first-order chi connectivity index (χ1) is 9.84. The lowest BCUT2D eigenvalue weighted by molar-refractivity contribution is 0.187. The summed E-state index contributed by atoms with van der Waals surface area (Å²) < 4.78 is 0.586. The minimum atomic E-state index is -0.468. The highest BCUT2D eigenvalue weighted by Gasteiger charge is 2.14. The van der Waals surface area contributed by atoms with E-state index in [1.54, 1.807) is 6.20 Å². The topological polar surface area (TPSA) is 63.8 Å². The van der Waals surface area contributed by atoms with Crippen molar-refractivity contribution in [3.8, 4) is 0 Å². The van der Waals surface area contributed by atoms with E-state index < -0.39 is 6.10 Å². The van der Waals surface area contributed by atoms with Crippen molar-refractivity contribution in [1.82, 2.24) is 9.97 Å². The van der Waals surface area contributed by atoms with Crippen molar-refractivity contribution in [3.05, 3.63) is 46.5 Å². The fraction of sp³-hybridized carbons (Fsp3) is 0.438. The van der Waals surface area contributed by atoms with Gasteiger partial charge in [0.25, 0.3) is 0 Å². The van der Waals surface area contributed by atoms with Gasteiger partial charge in [-0.05, 0) is 35.3 Å². The molecule has 0 saturated heterocycles. The standard InChI is InChI=1S/C16H23N3OS/c1-16(2,3)11-5-4-6-12(7-11)17-10-14(20)8-13-9-18-15(21)19-13/h4-7,9,14,17,20H,8,10H2,1-3H3,(H2,18,19,21). The van der Waals surface area contributed by atoms with Crippen LogP contribution in [0.5, 0.6) is 0 Å². The summed E-state index contributed by atoms with van der Waals surface area (Å²) in [5, 5.41) is 13.4. The minimum absolute atomic E-state index is 0.121. The molecule has 0 amide bonds. The molecule has 0 bridgehead atoms. The maximum absolute atomic E-state index is 10.1. The van der Waals surface area contributed by atoms with Crippen LogP contribution in [0.2, 0.25) is 0 Å². The van der Waals surface area contributed by atoms with Crippen LogP contribution in [-0.4, -0.2) is 27.7 Å². The van der Waals surface area contributed by atoms with Gasteiger partial charge in [-0.15, -0.1) is 0 Å². The molecule has 0 spiro atoms. The van der Waals surface area contributed by atoms with Crippen LogP contribution in [0, 0.1) is 4.77 Å². The van der Waals surface area contributed by atoms with Crippen LogP contribution in [-0.2, 0) is 11.8 Å². The van der Waals surface area contributed by atoms with E-state index in [4.69, 9.17) is 12.2 Å². The number of nitrogens with one attached hydrogen (secondary N) is 3. The Morgan fingerprint density at radius 1 is 1.33 bits per heavy atom. The van der Waals surface area contributed by atoms with Crippen molar-refractivity contribution in [1.29, 1.82) is 0 Å². The van der Waals surface area contributed by atoms with Gasteiger partial charge in [0.1, 0.15) is 0 Å². The number of benzene rings is 1. The van der Waals surface area contributed by atoms with Crippen LogP contribution in [0.25, 0.3) is 0 Å². The van der Waals surface area contributed by atoms with E-state index in [0.29, 0.717) is 17.7 Å². The van der Waals surface area contributed by atoms with E-state index in [1.807, 2.05) is 12.1 Å². The predicted molar refractivity (Wildman–Crippen MR) is 89.3 cm³/mol. The third-order valence-corrected chi connectivity index (χ3v) is 3.60. The Kier molecular flexibility index (Phi) is 4.85. The first kappa shape index (κ1) is 15.8. The maximum Gasteiger partial charge on any atom is 0.174 e. The van der Waals surface area contributed by atoms with E-state index in [2.05, 4.69) is 48.2 Å². The highest BCUT2D eigenvalue weighted by atomic mass is 32.1. The molecule has 0 aliphatic heterocycles. The lowest BCUT2D eigenvalue weighted by Gasteiger charge is -2.20. The Bertz CT molecular complexity index is 639. The largest absolute Gasteiger partial charge is 0.391 e. The van der Waals surface area contributed by atoms with Gasteiger partial charge < -0.3 is 20.4 Å². The third kappa shape index (κ3) is 4.72. The molecule has 1 atom stereocenters. The van der Waals surface area contributed by atoms with Crippen LogP contribution in [0.1, 0.15) is 32.0 Å². The molecule has 2 aromatic rings. The van der Waals surface area contributed by atoms with Gasteiger partial charge in [0, 0.05) is 30.5 Å². The molecule has 5 heteroatoms. The zero-order valence-corrected chi connectivity index (χ0v) is 13.6. The van der Waals surface area contributed by atoms with Crippen molar-refractivity contribution in [3.63, 3.8) is 0 Å². The summed E-state index contributed by atoms with van der Waals surface area (Å²) in [7, 11) is 0. The van der Waals surface area contributed by atoms with Crippen molar-refractivity contribution in [2.24, 2.45) is 0 Å². The molecule has 0 radical (unpaired) electrons. The first-order valence-electron chi connectivity index (χ1n) is 7.13. The van der Waals surface area contributed by atoms with Crippen LogP contribution in [0.3, 0.4) is 0 Å². The summed E-state index contributed by atoms with van der Waals surface area (Å²) in [5.74, 6) is 0. The molecule has 0 aliphatic rings. The second kappa shape index (κ2) is 6.45. The average Bonchev–Trinajstić information content (AvgIpc) is 2.81. The van der Waals surface area contributed by atoms with E-state index in [9.17, 15) is 5.11 Å². The van der Waals surface area contributed by atoms with E-state index >= 15 is 0 Å². The molecule has 1 aromatic heterocycles. The lowest BCUT2D eigenvalue weighted by atomic mass is 9.87. The van der Waals surface area contributed by atoms with Crippen LogP contribution in [0.15, 0.2) is 30.5 Å². The molecule has 0 fully saturated rings. The summed E-state index contributed by atoms with van der Waals surface area (Å²) in [6.07, 6.45) is 1.87. The highest BCUT2D eigenvalue weighted by Crippen LogP contribution is 2.24. The smallest absolute Gasteiger partial charge is 0.174 e. The molecule has 4 nitrogen and oxygen atoms in total. The molecule has 0 saturated carbocycles. The summed E-state index contributed by atoms with van der Waals surface area (Å²) in [5.41, 5.74) is 3.34. The van der Waals surface area contributed by atoms with Gasteiger partial charge in [-0.3, -0.25) is 0 Å². The quantitative estimate of drug-likeness (QED) is 0.640.